The standard InChI is InChI=1S/C16H23N3O2/c1-17-8-10-18(11-9-17)12-13-21-16(20)19-7-6-14-4-2-3-5-15(14)19/h2-5H,6-13H2,1H3. The number of fused-ring (bicyclic) bond motifs is 1. The van der Waals surface area contributed by atoms with E-state index in [9.17, 15) is 4.79 Å². The molecule has 1 saturated heterocycles. The molecule has 3 rings (SSSR count). The Morgan fingerprint density at radius 1 is 1.14 bits per heavy atom. The van der Waals surface area contributed by atoms with Gasteiger partial charge in [-0.15, -0.1) is 0 Å². The van der Waals surface area contributed by atoms with Crippen molar-refractivity contribution >= 4 is 11.8 Å². The largest absolute Gasteiger partial charge is 0.448 e. The second-order valence-corrected chi connectivity index (χ2v) is 5.79. The van der Waals surface area contributed by atoms with Crippen LogP contribution in [0.3, 0.4) is 0 Å². The highest BCUT2D eigenvalue weighted by Gasteiger charge is 2.25. The molecule has 0 bridgehead atoms. The van der Waals surface area contributed by atoms with E-state index in [1.165, 1.54) is 5.56 Å². The number of rotatable bonds is 3. The first kappa shape index (κ1) is 14.4. The number of para-hydroxylation sites is 1. The first-order valence-electron chi connectivity index (χ1n) is 7.67. The number of hydrogen-bond donors (Lipinski definition) is 0. The monoisotopic (exact) mass is 289 g/mol. The average molecular weight is 289 g/mol. The van der Waals surface area contributed by atoms with Gasteiger partial charge >= 0.3 is 6.09 Å². The molecule has 5 heteroatoms. The summed E-state index contributed by atoms with van der Waals surface area (Å²) in [4.78, 5) is 18.6. The lowest BCUT2D eigenvalue weighted by atomic mass is 10.2. The van der Waals surface area contributed by atoms with E-state index in [1.807, 2.05) is 18.2 Å². The summed E-state index contributed by atoms with van der Waals surface area (Å²) in [5, 5.41) is 0. The topological polar surface area (TPSA) is 36.0 Å². The molecule has 2 aliphatic heterocycles. The van der Waals surface area contributed by atoms with E-state index in [2.05, 4.69) is 22.9 Å². The van der Waals surface area contributed by atoms with Gasteiger partial charge in [-0.1, -0.05) is 18.2 Å². The number of benzene rings is 1. The highest BCUT2D eigenvalue weighted by atomic mass is 16.6. The van der Waals surface area contributed by atoms with Crippen molar-refractivity contribution in [2.45, 2.75) is 6.42 Å². The van der Waals surface area contributed by atoms with Gasteiger partial charge in [0.05, 0.1) is 5.69 Å². The quantitative estimate of drug-likeness (QED) is 0.843. The summed E-state index contributed by atoms with van der Waals surface area (Å²) in [5.74, 6) is 0. The molecular weight excluding hydrogens is 266 g/mol. The zero-order chi connectivity index (χ0) is 14.7. The van der Waals surface area contributed by atoms with Crippen molar-refractivity contribution in [3.63, 3.8) is 0 Å². The van der Waals surface area contributed by atoms with E-state index in [-0.39, 0.29) is 6.09 Å². The van der Waals surface area contributed by atoms with E-state index in [1.54, 1.807) is 4.90 Å². The Hall–Kier alpha value is -1.59. The fraction of sp³-hybridized carbons (Fsp3) is 0.562. The number of piperazine rings is 1. The van der Waals surface area contributed by atoms with Crippen LogP contribution < -0.4 is 4.90 Å². The minimum Gasteiger partial charge on any atom is -0.448 e. The third-order valence-electron chi connectivity index (χ3n) is 4.34. The number of carbonyl (C=O) groups excluding carboxylic acids is 1. The molecule has 0 atom stereocenters. The van der Waals surface area contributed by atoms with Crippen LogP contribution in [0.2, 0.25) is 0 Å². The van der Waals surface area contributed by atoms with Crippen molar-refractivity contribution in [2.24, 2.45) is 0 Å². The maximum Gasteiger partial charge on any atom is 0.414 e. The summed E-state index contributed by atoms with van der Waals surface area (Å²) in [6, 6.07) is 8.05. The predicted molar refractivity (Wildman–Crippen MR) is 82.8 cm³/mol. The molecule has 1 aromatic carbocycles. The average Bonchev–Trinajstić information content (AvgIpc) is 2.93. The Bertz CT molecular complexity index is 498. The van der Waals surface area contributed by atoms with Crippen LogP contribution in [0.1, 0.15) is 5.56 Å². The zero-order valence-corrected chi connectivity index (χ0v) is 12.6. The summed E-state index contributed by atoms with van der Waals surface area (Å²) in [7, 11) is 2.14. The number of nitrogens with zero attached hydrogens (tertiary/aromatic N) is 3. The predicted octanol–water partition coefficient (Wildman–Crippen LogP) is 1.43. The molecule has 1 fully saturated rings. The van der Waals surface area contributed by atoms with Crippen molar-refractivity contribution in [2.75, 3.05) is 57.8 Å². The van der Waals surface area contributed by atoms with Crippen LogP contribution in [0, 0.1) is 0 Å². The van der Waals surface area contributed by atoms with Gasteiger partial charge in [0.15, 0.2) is 0 Å². The Kier molecular flexibility index (Phi) is 4.41. The van der Waals surface area contributed by atoms with Crippen LogP contribution in [0.5, 0.6) is 0 Å². The Balaban J connectivity index is 1.45. The number of ether oxygens (including phenoxy) is 1. The summed E-state index contributed by atoms with van der Waals surface area (Å²) >= 11 is 0. The molecule has 0 aliphatic carbocycles. The number of carbonyl (C=O) groups is 1. The van der Waals surface area contributed by atoms with Crippen molar-refractivity contribution in [3.05, 3.63) is 29.8 Å². The number of likely N-dealkylation sites (N-methyl/N-ethyl adjacent to an activating group) is 1. The first-order valence-corrected chi connectivity index (χ1v) is 7.67. The summed E-state index contributed by atoms with van der Waals surface area (Å²) < 4.78 is 5.44. The fourth-order valence-electron chi connectivity index (χ4n) is 2.94. The van der Waals surface area contributed by atoms with Gasteiger partial charge in [0.1, 0.15) is 6.61 Å². The first-order chi connectivity index (χ1) is 10.2. The number of amides is 1. The summed E-state index contributed by atoms with van der Waals surface area (Å²) in [6.45, 7) is 6.32. The fourth-order valence-corrected chi connectivity index (χ4v) is 2.94. The van der Waals surface area contributed by atoms with Gasteiger partial charge in [-0.3, -0.25) is 9.80 Å². The second kappa shape index (κ2) is 6.45. The van der Waals surface area contributed by atoms with Crippen LogP contribution >= 0.6 is 0 Å². The number of anilines is 1. The van der Waals surface area contributed by atoms with E-state index in [0.29, 0.717) is 6.61 Å². The summed E-state index contributed by atoms with van der Waals surface area (Å²) in [6.07, 6.45) is 0.707. The molecule has 0 aromatic heterocycles. The normalized spacial score (nSPS) is 19.6. The molecule has 0 saturated carbocycles. The minimum atomic E-state index is -0.214. The van der Waals surface area contributed by atoms with Crippen molar-refractivity contribution < 1.29 is 9.53 Å². The van der Waals surface area contributed by atoms with Gasteiger partial charge in [-0.2, -0.15) is 0 Å². The van der Waals surface area contributed by atoms with Crippen molar-refractivity contribution in [1.29, 1.82) is 0 Å². The van der Waals surface area contributed by atoms with Gasteiger partial charge in [0.2, 0.25) is 0 Å². The Labute approximate surface area is 126 Å². The molecule has 5 nitrogen and oxygen atoms in total. The van der Waals surface area contributed by atoms with Crippen molar-refractivity contribution in [1.82, 2.24) is 9.80 Å². The lowest BCUT2D eigenvalue weighted by Gasteiger charge is -2.32. The maximum absolute atomic E-state index is 12.2. The molecule has 0 N–H and O–H groups in total. The van der Waals surface area contributed by atoms with Gasteiger partial charge in [-0.25, -0.2) is 4.79 Å². The van der Waals surface area contributed by atoms with E-state index in [4.69, 9.17) is 4.74 Å². The second-order valence-electron chi connectivity index (χ2n) is 5.79. The minimum absolute atomic E-state index is 0.214. The van der Waals surface area contributed by atoms with Gasteiger partial charge < -0.3 is 9.64 Å². The molecule has 2 aliphatic rings. The van der Waals surface area contributed by atoms with Gasteiger partial charge in [0, 0.05) is 39.3 Å². The van der Waals surface area contributed by atoms with Crippen molar-refractivity contribution in [3.8, 4) is 0 Å². The molecule has 0 spiro atoms. The van der Waals surface area contributed by atoms with E-state index in [0.717, 1.165) is 51.4 Å². The highest BCUT2D eigenvalue weighted by molar-refractivity contribution is 5.90. The Morgan fingerprint density at radius 2 is 1.90 bits per heavy atom. The molecule has 1 amide bonds. The van der Waals surface area contributed by atoms with Gasteiger partial charge in [0.25, 0.3) is 0 Å². The molecule has 1 aromatic rings. The third kappa shape index (κ3) is 3.36. The van der Waals surface area contributed by atoms with E-state index < -0.39 is 0 Å². The van der Waals surface area contributed by atoms with Crippen LogP contribution in [0.4, 0.5) is 10.5 Å². The SMILES string of the molecule is CN1CCN(CCOC(=O)N2CCc3ccccc32)CC1. The Morgan fingerprint density at radius 3 is 2.71 bits per heavy atom. The lowest BCUT2D eigenvalue weighted by molar-refractivity contribution is 0.107. The van der Waals surface area contributed by atoms with Crippen LogP contribution in [0.25, 0.3) is 0 Å². The van der Waals surface area contributed by atoms with Crippen LogP contribution in [-0.4, -0.2) is 68.8 Å². The molecule has 21 heavy (non-hydrogen) atoms. The van der Waals surface area contributed by atoms with Crippen LogP contribution in [-0.2, 0) is 11.2 Å². The molecule has 0 unspecified atom stereocenters. The molecular formula is C16H23N3O2. The molecule has 0 radical (unpaired) electrons. The highest BCUT2D eigenvalue weighted by Crippen LogP contribution is 2.27. The lowest BCUT2D eigenvalue weighted by Crippen LogP contribution is -2.45. The molecule has 114 valence electrons. The van der Waals surface area contributed by atoms with Crippen LogP contribution in [0.15, 0.2) is 24.3 Å². The number of hydrogen-bond acceptors (Lipinski definition) is 4. The zero-order valence-electron chi connectivity index (χ0n) is 12.6. The van der Waals surface area contributed by atoms with Gasteiger partial charge in [-0.05, 0) is 25.1 Å². The summed E-state index contributed by atoms with van der Waals surface area (Å²) in [5.41, 5.74) is 2.23. The third-order valence-corrected chi connectivity index (χ3v) is 4.34. The van der Waals surface area contributed by atoms with E-state index >= 15 is 0 Å². The molecule has 2 heterocycles. The maximum atomic E-state index is 12.2. The smallest absolute Gasteiger partial charge is 0.414 e.